The topological polar surface area (TPSA) is 34.1 Å². The van der Waals surface area contributed by atoms with Crippen molar-refractivity contribution in [3.8, 4) is 0 Å². The van der Waals surface area contributed by atoms with Crippen LogP contribution in [-0.4, -0.2) is 11.6 Å². The third-order valence-electron chi connectivity index (χ3n) is 3.11. The molecule has 0 N–H and O–H groups in total. The fourth-order valence-corrected chi connectivity index (χ4v) is 2.24. The molecule has 1 aliphatic rings. The fourth-order valence-electron chi connectivity index (χ4n) is 2.24. The van der Waals surface area contributed by atoms with Crippen molar-refractivity contribution >= 4 is 11.6 Å². The van der Waals surface area contributed by atoms with Crippen LogP contribution in [0.3, 0.4) is 0 Å². The lowest BCUT2D eigenvalue weighted by Crippen LogP contribution is -2.21. The van der Waals surface area contributed by atoms with Gasteiger partial charge in [0.25, 0.3) is 0 Å². The van der Waals surface area contributed by atoms with Crippen LogP contribution >= 0.6 is 0 Å². The number of benzene rings is 1. The summed E-state index contributed by atoms with van der Waals surface area (Å²) >= 11 is 0. The quantitative estimate of drug-likeness (QED) is 0.582. The molecule has 0 atom stereocenters. The summed E-state index contributed by atoms with van der Waals surface area (Å²) in [5.41, 5.74) is -1.19. The van der Waals surface area contributed by atoms with Crippen molar-refractivity contribution in [2.75, 3.05) is 0 Å². The molecule has 1 saturated carbocycles. The van der Waals surface area contributed by atoms with Gasteiger partial charge in [-0.05, 0) is 23.6 Å². The number of alkyl halides is 3. The van der Waals surface area contributed by atoms with Gasteiger partial charge in [-0.25, -0.2) is 4.39 Å². The molecule has 0 amide bonds. The molecule has 0 unspecified atom stereocenters. The second-order valence-electron chi connectivity index (χ2n) is 4.60. The van der Waals surface area contributed by atoms with Crippen molar-refractivity contribution in [2.24, 2.45) is 0 Å². The molecule has 0 bridgehead atoms. The van der Waals surface area contributed by atoms with Crippen LogP contribution in [0.1, 0.15) is 36.3 Å². The number of carbonyl (C=O) groups is 2. The summed E-state index contributed by atoms with van der Waals surface area (Å²) in [6, 6.07) is 2.61. The van der Waals surface area contributed by atoms with E-state index < -0.39 is 23.5 Å². The van der Waals surface area contributed by atoms with Gasteiger partial charge in [0.05, 0.1) is 12.0 Å². The lowest BCUT2D eigenvalue weighted by molar-refractivity contribution is -0.140. The Morgan fingerprint density at radius 3 is 2.16 bits per heavy atom. The van der Waals surface area contributed by atoms with E-state index in [1.54, 1.807) is 0 Å². The summed E-state index contributed by atoms with van der Waals surface area (Å²) in [7, 11) is 0. The Morgan fingerprint density at radius 2 is 1.63 bits per heavy atom. The van der Waals surface area contributed by atoms with E-state index in [1.807, 2.05) is 0 Å². The summed E-state index contributed by atoms with van der Waals surface area (Å²) in [5.74, 6) is -2.53. The fraction of sp³-hybridized carbons (Fsp3) is 0.385. The highest BCUT2D eigenvalue weighted by Crippen LogP contribution is 2.36. The number of halogens is 4. The van der Waals surface area contributed by atoms with Crippen molar-refractivity contribution in [3.05, 3.63) is 35.1 Å². The Labute approximate surface area is 106 Å². The first-order valence-corrected chi connectivity index (χ1v) is 5.67. The summed E-state index contributed by atoms with van der Waals surface area (Å²) < 4.78 is 50.9. The Morgan fingerprint density at radius 1 is 1.05 bits per heavy atom. The zero-order valence-corrected chi connectivity index (χ0v) is 9.76. The zero-order chi connectivity index (χ0) is 14.2. The highest BCUT2D eigenvalue weighted by Gasteiger charge is 2.35. The van der Waals surface area contributed by atoms with Gasteiger partial charge in [0, 0.05) is 12.8 Å². The standard InChI is InChI=1S/C13H10F4O2/c14-12-2-1-7(5-11(12)13(15,16)17)8-3-9(18)6-10(19)4-8/h1-2,5,8H,3-4,6H2. The summed E-state index contributed by atoms with van der Waals surface area (Å²) in [4.78, 5) is 22.6. The normalized spacial score (nSPS) is 17.9. The minimum absolute atomic E-state index is 0.0225. The van der Waals surface area contributed by atoms with Crippen LogP contribution in [0.15, 0.2) is 18.2 Å². The molecule has 0 saturated heterocycles. The smallest absolute Gasteiger partial charge is 0.299 e. The first-order chi connectivity index (χ1) is 8.77. The number of rotatable bonds is 1. The molecule has 1 aromatic rings. The number of carbonyl (C=O) groups excluding carboxylic acids is 2. The van der Waals surface area contributed by atoms with Crippen molar-refractivity contribution in [1.29, 1.82) is 0 Å². The monoisotopic (exact) mass is 274 g/mol. The lowest BCUT2D eigenvalue weighted by Gasteiger charge is -2.21. The Bertz CT molecular complexity index is 518. The molecular formula is C13H10F4O2. The van der Waals surface area contributed by atoms with Crippen LogP contribution in [0, 0.1) is 5.82 Å². The van der Waals surface area contributed by atoms with Crippen LogP contribution in [0.5, 0.6) is 0 Å². The number of ketones is 2. The van der Waals surface area contributed by atoms with Crippen LogP contribution in [-0.2, 0) is 15.8 Å². The second-order valence-corrected chi connectivity index (χ2v) is 4.60. The maximum absolute atomic E-state index is 13.1. The highest BCUT2D eigenvalue weighted by atomic mass is 19.4. The molecule has 0 spiro atoms. The molecule has 1 aliphatic carbocycles. The van der Waals surface area contributed by atoms with Gasteiger partial charge in [0.15, 0.2) is 0 Å². The van der Waals surface area contributed by atoms with E-state index in [9.17, 15) is 27.2 Å². The molecule has 1 fully saturated rings. The average Bonchev–Trinajstić information content (AvgIpc) is 2.26. The van der Waals surface area contributed by atoms with E-state index in [1.165, 1.54) is 6.07 Å². The molecule has 6 heteroatoms. The van der Waals surface area contributed by atoms with E-state index in [0.717, 1.165) is 6.07 Å². The first-order valence-electron chi connectivity index (χ1n) is 5.67. The molecule has 102 valence electrons. The Balaban J connectivity index is 2.36. The van der Waals surface area contributed by atoms with E-state index >= 15 is 0 Å². The summed E-state index contributed by atoms with van der Waals surface area (Å²) in [6.07, 6.45) is -4.91. The van der Waals surface area contributed by atoms with Crippen LogP contribution < -0.4 is 0 Å². The van der Waals surface area contributed by atoms with Gasteiger partial charge < -0.3 is 0 Å². The molecule has 2 nitrogen and oxygen atoms in total. The second kappa shape index (κ2) is 4.75. The summed E-state index contributed by atoms with van der Waals surface area (Å²) in [5, 5.41) is 0. The summed E-state index contributed by atoms with van der Waals surface area (Å²) in [6.45, 7) is 0. The molecule has 0 aliphatic heterocycles. The van der Waals surface area contributed by atoms with Crippen LogP contribution in [0.2, 0.25) is 0 Å². The van der Waals surface area contributed by atoms with Crippen molar-refractivity contribution in [2.45, 2.75) is 31.4 Å². The third-order valence-corrected chi connectivity index (χ3v) is 3.11. The van der Waals surface area contributed by atoms with Gasteiger partial charge in [-0.2, -0.15) is 13.2 Å². The molecule has 0 aromatic heterocycles. The van der Waals surface area contributed by atoms with Gasteiger partial charge >= 0.3 is 6.18 Å². The predicted molar refractivity (Wildman–Crippen MR) is 58.0 cm³/mol. The van der Waals surface area contributed by atoms with Crippen LogP contribution in [0.25, 0.3) is 0 Å². The van der Waals surface area contributed by atoms with Crippen LogP contribution in [0.4, 0.5) is 17.6 Å². The minimum atomic E-state index is -4.79. The van der Waals surface area contributed by atoms with E-state index in [0.29, 0.717) is 6.07 Å². The number of Topliss-reactive ketones (excluding diaryl/α,β-unsaturated/α-hetero) is 2. The van der Waals surface area contributed by atoms with Gasteiger partial charge in [-0.1, -0.05) is 6.07 Å². The van der Waals surface area contributed by atoms with E-state index in [-0.39, 0.29) is 36.4 Å². The highest BCUT2D eigenvalue weighted by molar-refractivity contribution is 6.02. The largest absolute Gasteiger partial charge is 0.419 e. The van der Waals surface area contributed by atoms with Gasteiger partial charge in [0.2, 0.25) is 0 Å². The molecular weight excluding hydrogens is 264 g/mol. The Hall–Kier alpha value is -1.72. The van der Waals surface area contributed by atoms with Crippen molar-refractivity contribution < 1.29 is 27.2 Å². The Kier molecular flexibility index (Phi) is 3.43. The van der Waals surface area contributed by atoms with E-state index in [2.05, 4.69) is 0 Å². The molecule has 2 rings (SSSR count). The first kappa shape index (κ1) is 13.7. The zero-order valence-electron chi connectivity index (χ0n) is 9.76. The minimum Gasteiger partial charge on any atom is -0.299 e. The lowest BCUT2D eigenvalue weighted by atomic mass is 9.82. The average molecular weight is 274 g/mol. The van der Waals surface area contributed by atoms with Gasteiger partial charge in [-0.3, -0.25) is 9.59 Å². The maximum atomic E-state index is 13.1. The molecule has 0 radical (unpaired) electrons. The SMILES string of the molecule is O=C1CC(=O)CC(c2ccc(F)c(C(F)(F)F)c2)C1. The number of hydrogen-bond acceptors (Lipinski definition) is 2. The molecule has 1 aromatic carbocycles. The van der Waals surface area contributed by atoms with Crippen molar-refractivity contribution in [1.82, 2.24) is 0 Å². The van der Waals surface area contributed by atoms with Gasteiger partial charge in [0.1, 0.15) is 17.4 Å². The van der Waals surface area contributed by atoms with Crippen molar-refractivity contribution in [3.63, 3.8) is 0 Å². The van der Waals surface area contributed by atoms with E-state index in [4.69, 9.17) is 0 Å². The third kappa shape index (κ3) is 3.00. The predicted octanol–water partition coefficient (Wildman–Crippen LogP) is 3.25. The maximum Gasteiger partial charge on any atom is 0.419 e. The number of hydrogen-bond donors (Lipinski definition) is 0. The molecule has 0 heterocycles. The molecule has 19 heavy (non-hydrogen) atoms. The van der Waals surface area contributed by atoms with Gasteiger partial charge in [-0.15, -0.1) is 0 Å².